The van der Waals surface area contributed by atoms with Crippen LogP contribution in [-0.2, 0) is 11.2 Å². The first-order chi connectivity index (χ1) is 6.67. The molecule has 3 nitrogen and oxygen atoms in total. The number of hydrogen-bond donors (Lipinski definition) is 1. The van der Waals surface area contributed by atoms with Crippen LogP contribution in [-0.4, -0.2) is 19.4 Å². The van der Waals surface area contributed by atoms with Crippen LogP contribution >= 0.6 is 15.9 Å². The minimum atomic E-state index is 0.0129. The molecule has 1 rings (SSSR count). The number of benzene rings is 1. The molecule has 4 heteroatoms. The van der Waals surface area contributed by atoms with E-state index in [9.17, 15) is 4.79 Å². The van der Waals surface area contributed by atoms with Crippen molar-refractivity contribution in [2.24, 2.45) is 5.73 Å². The van der Waals surface area contributed by atoms with Crippen molar-refractivity contribution in [3.8, 4) is 5.75 Å². The van der Waals surface area contributed by atoms with Crippen LogP contribution in [0.25, 0.3) is 0 Å². The normalized spacial score (nSPS) is 9.93. The Hall–Kier alpha value is -0.870. The standard InChI is InChI=1S/C10H12BrNO2/c1-14-9-2-3-10(11)7(5-9)4-8(13)6-12/h2-3,5H,4,6,12H2,1H3. The monoisotopic (exact) mass is 257 g/mol. The van der Waals surface area contributed by atoms with E-state index >= 15 is 0 Å². The molecule has 0 amide bonds. The summed E-state index contributed by atoms with van der Waals surface area (Å²) in [5, 5.41) is 0. The first kappa shape index (κ1) is 11.2. The van der Waals surface area contributed by atoms with E-state index in [1.54, 1.807) is 7.11 Å². The molecule has 14 heavy (non-hydrogen) atoms. The number of Topliss-reactive ketones (excluding diaryl/α,β-unsaturated/α-hetero) is 1. The Balaban J connectivity index is 2.89. The number of nitrogens with two attached hydrogens (primary N) is 1. The van der Waals surface area contributed by atoms with Crippen LogP contribution in [0.3, 0.4) is 0 Å². The van der Waals surface area contributed by atoms with Gasteiger partial charge in [0.1, 0.15) is 5.75 Å². The van der Waals surface area contributed by atoms with E-state index in [1.807, 2.05) is 18.2 Å². The lowest BCUT2D eigenvalue weighted by Crippen LogP contribution is -2.15. The van der Waals surface area contributed by atoms with E-state index in [0.29, 0.717) is 6.42 Å². The first-order valence-corrected chi connectivity index (χ1v) is 5.01. The van der Waals surface area contributed by atoms with Crippen molar-refractivity contribution in [1.82, 2.24) is 0 Å². The van der Waals surface area contributed by atoms with E-state index in [1.165, 1.54) is 0 Å². The second kappa shape index (κ2) is 5.12. The second-order valence-corrected chi connectivity index (χ2v) is 3.73. The van der Waals surface area contributed by atoms with E-state index < -0.39 is 0 Å². The molecule has 0 saturated carbocycles. The van der Waals surface area contributed by atoms with Crippen LogP contribution in [0.1, 0.15) is 5.56 Å². The predicted molar refractivity (Wildman–Crippen MR) is 58.5 cm³/mol. The van der Waals surface area contributed by atoms with Crippen molar-refractivity contribution in [2.45, 2.75) is 6.42 Å². The molecular formula is C10H12BrNO2. The van der Waals surface area contributed by atoms with Gasteiger partial charge in [-0.05, 0) is 23.8 Å². The van der Waals surface area contributed by atoms with Gasteiger partial charge in [0.15, 0.2) is 5.78 Å². The van der Waals surface area contributed by atoms with Crippen molar-refractivity contribution >= 4 is 21.7 Å². The fourth-order valence-electron chi connectivity index (χ4n) is 1.10. The molecule has 0 bridgehead atoms. The summed E-state index contributed by atoms with van der Waals surface area (Å²) in [6, 6.07) is 5.52. The number of ketones is 1. The largest absolute Gasteiger partial charge is 0.497 e. The van der Waals surface area contributed by atoms with Gasteiger partial charge in [-0.2, -0.15) is 0 Å². The van der Waals surface area contributed by atoms with Crippen LogP contribution in [0.4, 0.5) is 0 Å². The Morgan fingerprint density at radius 3 is 2.86 bits per heavy atom. The Bertz CT molecular complexity index is 339. The van der Waals surface area contributed by atoms with E-state index in [-0.39, 0.29) is 12.3 Å². The highest BCUT2D eigenvalue weighted by atomic mass is 79.9. The maximum absolute atomic E-state index is 11.1. The van der Waals surface area contributed by atoms with Crippen molar-refractivity contribution in [3.05, 3.63) is 28.2 Å². The zero-order valence-electron chi connectivity index (χ0n) is 7.92. The summed E-state index contributed by atoms with van der Waals surface area (Å²) in [5.74, 6) is 0.756. The third kappa shape index (κ3) is 2.82. The average Bonchev–Trinajstić information content (AvgIpc) is 2.21. The minimum absolute atomic E-state index is 0.0129. The quantitative estimate of drug-likeness (QED) is 0.890. The summed E-state index contributed by atoms with van der Waals surface area (Å²) in [6.45, 7) is 0.0731. The SMILES string of the molecule is COc1ccc(Br)c(CC(=O)CN)c1. The molecule has 0 heterocycles. The highest BCUT2D eigenvalue weighted by Gasteiger charge is 2.06. The zero-order valence-corrected chi connectivity index (χ0v) is 9.50. The van der Waals surface area contributed by atoms with Crippen LogP contribution in [0.15, 0.2) is 22.7 Å². The number of hydrogen-bond acceptors (Lipinski definition) is 3. The summed E-state index contributed by atoms with van der Waals surface area (Å²) < 4.78 is 5.96. The van der Waals surface area contributed by atoms with Gasteiger partial charge in [0.2, 0.25) is 0 Å². The molecule has 0 unspecified atom stereocenters. The summed E-state index contributed by atoms with van der Waals surface area (Å²) in [5.41, 5.74) is 6.15. The molecule has 1 aromatic rings. The van der Waals surface area contributed by atoms with Gasteiger partial charge in [0, 0.05) is 10.9 Å². The van der Waals surface area contributed by atoms with Crippen molar-refractivity contribution in [2.75, 3.05) is 13.7 Å². The van der Waals surface area contributed by atoms with Gasteiger partial charge in [0.25, 0.3) is 0 Å². The first-order valence-electron chi connectivity index (χ1n) is 4.21. The van der Waals surface area contributed by atoms with Gasteiger partial charge in [0.05, 0.1) is 13.7 Å². The number of carbonyl (C=O) groups is 1. The van der Waals surface area contributed by atoms with Crippen LogP contribution in [0.2, 0.25) is 0 Å². The third-order valence-corrected chi connectivity index (χ3v) is 2.64. The Labute approximate surface area is 91.4 Å². The highest BCUT2D eigenvalue weighted by Crippen LogP contribution is 2.22. The van der Waals surface area contributed by atoms with Gasteiger partial charge < -0.3 is 10.5 Å². The van der Waals surface area contributed by atoms with E-state index in [4.69, 9.17) is 10.5 Å². The van der Waals surface area contributed by atoms with E-state index in [0.717, 1.165) is 15.8 Å². The topological polar surface area (TPSA) is 52.3 Å². The van der Waals surface area contributed by atoms with Crippen molar-refractivity contribution < 1.29 is 9.53 Å². The Morgan fingerprint density at radius 1 is 1.57 bits per heavy atom. The predicted octanol–water partition coefficient (Wildman–Crippen LogP) is 1.53. The van der Waals surface area contributed by atoms with Crippen LogP contribution < -0.4 is 10.5 Å². The molecule has 0 aliphatic rings. The molecule has 0 atom stereocenters. The summed E-state index contributed by atoms with van der Waals surface area (Å²) >= 11 is 3.37. The second-order valence-electron chi connectivity index (χ2n) is 2.88. The molecule has 0 aliphatic carbocycles. The Morgan fingerprint density at radius 2 is 2.29 bits per heavy atom. The molecule has 0 radical (unpaired) electrons. The number of halogens is 1. The number of carbonyl (C=O) groups excluding carboxylic acids is 1. The molecular weight excluding hydrogens is 246 g/mol. The highest BCUT2D eigenvalue weighted by molar-refractivity contribution is 9.10. The number of rotatable bonds is 4. The maximum atomic E-state index is 11.1. The lowest BCUT2D eigenvalue weighted by Gasteiger charge is -2.05. The zero-order chi connectivity index (χ0) is 10.6. The molecule has 0 fully saturated rings. The lowest BCUT2D eigenvalue weighted by atomic mass is 10.1. The molecule has 0 aliphatic heterocycles. The van der Waals surface area contributed by atoms with Crippen LogP contribution in [0.5, 0.6) is 5.75 Å². The molecule has 2 N–H and O–H groups in total. The average molecular weight is 258 g/mol. The fourth-order valence-corrected chi connectivity index (χ4v) is 1.48. The van der Waals surface area contributed by atoms with Gasteiger partial charge in [-0.25, -0.2) is 0 Å². The minimum Gasteiger partial charge on any atom is -0.497 e. The fraction of sp³-hybridized carbons (Fsp3) is 0.300. The summed E-state index contributed by atoms with van der Waals surface area (Å²) in [7, 11) is 1.60. The summed E-state index contributed by atoms with van der Waals surface area (Å²) in [6.07, 6.45) is 0.342. The van der Waals surface area contributed by atoms with Gasteiger partial charge in [-0.15, -0.1) is 0 Å². The molecule has 76 valence electrons. The molecule has 0 spiro atoms. The maximum Gasteiger partial charge on any atom is 0.150 e. The summed E-state index contributed by atoms with van der Waals surface area (Å²) in [4.78, 5) is 11.1. The van der Waals surface area contributed by atoms with Gasteiger partial charge in [-0.3, -0.25) is 4.79 Å². The smallest absolute Gasteiger partial charge is 0.150 e. The van der Waals surface area contributed by atoms with Crippen LogP contribution in [0, 0.1) is 0 Å². The Kier molecular flexibility index (Phi) is 4.10. The van der Waals surface area contributed by atoms with Gasteiger partial charge >= 0.3 is 0 Å². The number of methoxy groups -OCH3 is 1. The molecule has 0 saturated heterocycles. The third-order valence-electron chi connectivity index (χ3n) is 1.87. The van der Waals surface area contributed by atoms with E-state index in [2.05, 4.69) is 15.9 Å². The van der Waals surface area contributed by atoms with Gasteiger partial charge in [-0.1, -0.05) is 15.9 Å². The van der Waals surface area contributed by atoms with Crippen molar-refractivity contribution in [1.29, 1.82) is 0 Å². The number of ether oxygens (including phenoxy) is 1. The molecule has 0 aromatic heterocycles. The molecule has 1 aromatic carbocycles. The lowest BCUT2D eigenvalue weighted by molar-refractivity contribution is -0.117. The van der Waals surface area contributed by atoms with Crippen molar-refractivity contribution in [3.63, 3.8) is 0 Å².